The molecule has 0 rings (SSSR count). The molecule has 0 heterocycles. The van der Waals surface area contributed by atoms with E-state index < -0.39 is 11.5 Å². The summed E-state index contributed by atoms with van der Waals surface area (Å²) in [5, 5.41) is 0. The van der Waals surface area contributed by atoms with Crippen LogP contribution in [0.25, 0.3) is 0 Å². The number of carbonyl (C=O) groups excluding carboxylic acids is 2. The average Bonchev–Trinajstić information content (AvgIpc) is 2.03. The Hall–Kier alpha value is -0.900. The fourth-order valence-electron chi connectivity index (χ4n) is 0.797. The molecular formula is C8H15NO3. The SMILES string of the molecule is CCOC(=O)C(N)(CC)C(C)=O. The second-order valence-corrected chi connectivity index (χ2v) is 2.60. The summed E-state index contributed by atoms with van der Waals surface area (Å²) in [6.45, 7) is 4.89. The van der Waals surface area contributed by atoms with Crippen molar-refractivity contribution in [2.24, 2.45) is 5.73 Å². The molecule has 0 aliphatic rings. The Kier molecular flexibility index (Phi) is 3.89. The third kappa shape index (κ3) is 2.04. The number of nitrogens with two attached hydrogens (primary N) is 1. The van der Waals surface area contributed by atoms with E-state index >= 15 is 0 Å². The number of rotatable bonds is 4. The fraction of sp³-hybridized carbons (Fsp3) is 0.750. The second-order valence-electron chi connectivity index (χ2n) is 2.60. The zero-order chi connectivity index (χ0) is 9.78. The number of hydrogen-bond acceptors (Lipinski definition) is 4. The lowest BCUT2D eigenvalue weighted by Gasteiger charge is -2.21. The van der Waals surface area contributed by atoms with E-state index in [1.54, 1.807) is 13.8 Å². The van der Waals surface area contributed by atoms with Crippen molar-refractivity contribution in [2.45, 2.75) is 32.7 Å². The van der Waals surface area contributed by atoms with Gasteiger partial charge >= 0.3 is 5.97 Å². The van der Waals surface area contributed by atoms with Gasteiger partial charge in [0.25, 0.3) is 0 Å². The van der Waals surface area contributed by atoms with E-state index in [0.717, 1.165) is 0 Å². The summed E-state index contributed by atoms with van der Waals surface area (Å²) < 4.78 is 4.67. The van der Waals surface area contributed by atoms with Crippen molar-refractivity contribution in [3.05, 3.63) is 0 Å². The molecule has 70 valence electrons. The van der Waals surface area contributed by atoms with Gasteiger partial charge < -0.3 is 10.5 Å². The zero-order valence-corrected chi connectivity index (χ0v) is 7.72. The zero-order valence-electron chi connectivity index (χ0n) is 7.72. The Morgan fingerprint density at radius 3 is 2.17 bits per heavy atom. The number of ketones is 1. The Morgan fingerprint density at radius 1 is 1.42 bits per heavy atom. The van der Waals surface area contributed by atoms with Gasteiger partial charge in [0, 0.05) is 0 Å². The van der Waals surface area contributed by atoms with Crippen molar-refractivity contribution in [1.29, 1.82) is 0 Å². The van der Waals surface area contributed by atoms with E-state index in [1.807, 2.05) is 0 Å². The van der Waals surface area contributed by atoms with E-state index in [-0.39, 0.29) is 18.8 Å². The van der Waals surface area contributed by atoms with Gasteiger partial charge in [-0.3, -0.25) is 4.79 Å². The predicted molar refractivity (Wildman–Crippen MR) is 44.5 cm³/mol. The van der Waals surface area contributed by atoms with Gasteiger partial charge in [-0.05, 0) is 20.3 Å². The van der Waals surface area contributed by atoms with E-state index in [1.165, 1.54) is 6.92 Å². The normalized spacial score (nSPS) is 15.0. The van der Waals surface area contributed by atoms with Crippen LogP contribution in [0.5, 0.6) is 0 Å². The van der Waals surface area contributed by atoms with Crippen LogP contribution < -0.4 is 5.73 Å². The lowest BCUT2D eigenvalue weighted by Crippen LogP contribution is -2.54. The molecule has 0 aliphatic heterocycles. The molecular weight excluding hydrogens is 158 g/mol. The first-order valence-electron chi connectivity index (χ1n) is 3.96. The smallest absolute Gasteiger partial charge is 0.333 e. The molecule has 12 heavy (non-hydrogen) atoms. The maximum atomic E-state index is 11.2. The highest BCUT2D eigenvalue weighted by molar-refractivity contribution is 6.07. The van der Waals surface area contributed by atoms with Crippen molar-refractivity contribution in [3.8, 4) is 0 Å². The van der Waals surface area contributed by atoms with Crippen LogP contribution in [0.2, 0.25) is 0 Å². The highest BCUT2D eigenvalue weighted by Crippen LogP contribution is 2.09. The van der Waals surface area contributed by atoms with E-state index in [9.17, 15) is 9.59 Å². The molecule has 0 aromatic heterocycles. The Labute approximate surface area is 72.1 Å². The molecule has 1 atom stereocenters. The number of hydrogen-bond donors (Lipinski definition) is 1. The first kappa shape index (κ1) is 11.1. The van der Waals surface area contributed by atoms with Crippen molar-refractivity contribution in [2.75, 3.05) is 6.61 Å². The molecule has 0 radical (unpaired) electrons. The maximum absolute atomic E-state index is 11.2. The Morgan fingerprint density at radius 2 is 1.92 bits per heavy atom. The summed E-state index contributed by atoms with van der Waals surface area (Å²) in [5.74, 6) is -0.997. The fourth-order valence-corrected chi connectivity index (χ4v) is 0.797. The summed E-state index contributed by atoms with van der Waals surface area (Å²) in [5.41, 5.74) is 4.10. The highest BCUT2D eigenvalue weighted by atomic mass is 16.5. The van der Waals surface area contributed by atoms with Gasteiger partial charge in [0.05, 0.1) is 6.61 Å². The second kappa shape index (κ2) is 4.21. The minimum atomic E-state index is -1.45. The van der Waals surface area contributed by atoms with Crippen molar-refractivity contribution < 1.29 is 14.3 Å². The van der Waals surface area contributed by atoms with Crippen molar-refractivity contribution in [3.63, 3.8) is 0 Å². The molecule has 0 saturated carbocycles. The average molecular weight is 173 g/mol. The van der Waals surface area contributed by atoms with Crippen LogP contribution in [0.1, 0.15) is 27.2 Å². The number of Topliss-reactive ketones (excluding diaryl/α,β-unsaturated/α-hetero) is 1. The van der Waals surface area contributed by atoms with E-state index in [4.69, 9.17) is 5.73 Å². The molecule has 1 unspecified atom stereocenters. The first-order valence-corrected chi connectivity index (χ1v) is 3.96. The van der Waals surface area contributed by atoms with Crippen LogP contribution in [0.4, 0.5) is 0 Å². The lowest BCUT2D eigenvalue weighted by atomic mass is 9.93. The molecule has 0 amide bonds. The standard InChI is InChI=1S/C8H15NO3/c1-4-8(9,6(3)10)7(11)12-5-2/h4-5,9H2,1-3H3. The summed E-state index contributed by atoms with van der Waals surface area (Å²) >= 11 is 0. The minimum absolute atomic E-state index is 0.241. The van der Waals surface area contributed by atoms with Crippen LogP contribution >= 0.6 is 0 Å². The molecule has 0 saturated heterocycles. The number of esters is 1. The maximum Gasteiger partial charge on any atom is 0.333 e. The van der Waals surface area contributed by atoms with Crippen LogP contribution in [0.15, 0.2) is 0 Å². The molecule has 4 heteroatoms. The molecule has 0 aromatic rings. The van der Waals surface area contributed by atoms with Crippen LogP contribution in [0.3, 0.4) is 0 Å². The quantitative estimate of drug-likeness (QED) is 0.488. The first-order chi connectivity index (χ1) is 5.49. The van der Waals surface area contributed by atoms with Gasteiger partial charge in [-0.15, -0.1) is 0 Å². The predicted octanol–water partition coefficient (Wildman–Crippen LogP) is 0.246. The van der Waals surface area contributed by atoms with Gasteiger partial charge in [-0.2, -0.15) is 0 Å². The summed E-state index contributed by atoms with van der Waals surface area (Å²) in [4.78, 5) is 22.2. The molecule has 0 aliphatic carbocycles. The summed E-state index contributed by atoms with van der Waals surface area (Å²) in [6.07, 6.45) is 0.265. The van der Waals surface area contributed by atoms with Crippen LogP contribution in [-0.4, -0.2) is 23.9 Å². The minimum Gasteiger partial charge on any atom is -0.464 e. The van der Waals surface area contributed by atoms with Crippen molar-refractivity contribution in [1.82, 2.24) is 0 Å². The third-order valence-electron chi connectivity index (χ3n) is 1.83. The van der Waals surface area contributed by atoms with Crippen LogP contribution in [-0.2, 0) is 14.3 Å². The summed E-state index contributed by atoms with van der Waals surface area (Å²) in [6, 6.07) is 0. The van der Waals surface area contributed by atoms with Crippen LogP contribution in [0, 0.1) is 0 Å². The highest BCUT2D eigenvalue weighted by Gasteiger charge is 2.38. The monoisotopic (exact) mass is 173 g/mol. The van der Waals surface area contributed by atoms with Gasteiger partial charge in [-0.1, -0.05) is 6.92 Å². The van der Waals surface area contributed by atoms with E-state index in [2.05, 4.69) is 4.74 Å². The topological polar surface area (TPSA) is 69.4 Å². The molecule has 0 spiro atoms. The molecule has 4 nitrogen and oxygen atoms in total. The molecule has 0 bridgehead atoms. The number of carbonyl (C=O) groups is 2. The Bertz CT molecular complexity index is 191. The van der Waals surface area contributed by atoms with Gasteiger partial charge in [0.1, 0.15) is 0 Å². The molecule has 2 N–H and O–H groups in total. The Balaban J connectivity index is 4.52. The van der Waals surface area contributed by atoms with E-state index in [0.29, 0.717) is 0 Å². The van der Waals surface area contributed by atoms with Gasteiger partial charge in [0.2, 0.25) is 0 Å². The molecule has 0 fully saturated rings. The third-order valence-corrected chi connectivity index (χ3v) is 1.83. The van der Waals surface area contributed by atoms with Crippen molar-refractivity contribution >= 4 is 11.8 Å². The summed E-state index contributed by atoms with van der Waals surface area (Å²) in [7, 11) is 0. The largest absolute Gasteiger partial charge is 0.464 e. The van der Waals surface area contributed by atoms with Gasteiger partial charge in [-0.25, -0.2) is 4.79 Å². The molecule has 0 aromatic carbocycles. The number of ether oxygens (including phenoxy) is 1. The van der Waals surface area contributed by atoms with Gasteiger partial charge in [0.15, 0.2) is 11.3 Å². The lowest BCUT2D eigenvalue weighted by molar-refractivity contribution is -0.153.